The number of non-ortho nitro benzene ring substituents is 1. The van der Waals surface area contributed by atoms with Gasteiger partial charge in [-0.3, -0.25) is 19.8 Å². The average molecular weight is 470 g/mol. The molecule has 0 N–H and O–H groups in total. The first-order valence-corrected chi connectivity index (χ1v) is 11.8. The van der Waals surface area contributed by atoms with Crippen molar-refractivity contribution in [1.29, 1.82) is 0 Å². The number of hydrogen-bond donors (Lipinski definition) is 0. The maximum Gasteiger partial charge on any atom is 0.276 e. The number of carbonyl (C=O) groups is 1. The van der Waals surface area contributed by atoms with Gasteiger partial charge in [-0.25, -0.2) is 0 Å². The van der Waals surface area contributed by atoms with Gasteiger partial charge in [-0.2, -0.15) is 0 Å². The van der Waals surface area contributed by atoms with Crippen molar-refractivity contribution in [2.45, 2.75) is 12.8 Å². The monoisotopic (exact) mass is 469 g/mol. The molecule has 1 aliphatic rings. The molecular weight excluding hydrogens is 450 g/mol. The fourth-order valence-corrected chi connectivity index (χ4v) is 5.14. The summed E-state index contributed by atoms with van der Waals surface area (Å²) in [6.07, 6.45) is 3.18. The summed E-state index contributed by atoms with van der Waals surface area (Å²) >= 11 is 9.00. The molecule has 1 aliphatic heterocycles. The lowest BCUT2D eigenvalue weighted by atomic mass is 10.1. The molecule has 9 heteroatoms. The first-order valence-electron chi connectivity index (χ1n) is 9.67. The second-order valence-electron chi connectivity index (χ2n) is 6.93. The summed E-state index contributed by atoms with van der Waals surface area (Å²) in [7, 11) is 0. The predicted octanol–water partition coefficient (Wildman–Crippen LogP) is 4.97. The summed E-state index contributed by atoms with van der Waals surface area (Å²) in [5.74, 6) is -0.167. The van der Waals surface area contributed by atoms with Crippen molar-refractivity contribution in [2.24, 2.45) is 0 Å². The normalized spacial score (nSPS) is 15.3. The number of rotatable bonds is 8. The van der Waals surface area contributed by atoms with E-state index in [0.717, 1.165) is 12.8 Å². The summed E-state index contributed by atoms with van der Waals surface area (Å²) in [4.78, 5) is 29.9. The van der Waals surface area contributed by atoms with Crippen LogP contribution in [0.1, 0.15) is 15.3 Å². The number of benzene rings is 1. The van der Waals surface area contributed by atoms with Crippen LogP contribution in [0.4, 0.5) is 5.69 Å². The van der Waals surface area contributed by atoms with Gasteiger partial charge in [0.05, 0.1) is 4.92 Å². The highest BCUT2D eigenvalue weighted by molar-refractivity contribution is 7.80. The highest BCUT2D eigenvalue weighted by Gasteiger charge is 2.37. The number of thiocarbonyl (C=S) groups is 1. The maximum absolute atomic E-state index is 13.3. The first kappa shape index (κ1) is 21.4. The van der Waals surface area contributed by atoms with Crippen LogP contribution in [0.25, 0.3) is 6.08 Å². The average Bonchev–Trinajstić information content (AvgIpc) is 3.50. The van der Waals surface area contributed by atoms with Crippen LogP contribution in [-0.4, -0.2) is 38.8 Å². The third-order valence-corrected chi connectivity index (χ3v) is 7.24. The minimum atomic E-state index is -0.439. The summed E-state index contributed by atoms with van der Waals surface area (Å²) in [6, 6.07) is 14.4. The van der Waals surface area contributed by atoms with Crippen molar-refractivity contribution in [3.63, 3.8) is 0 Å². The zero-order chi connectivity index (χ0) is 21.8. The van der Waals surface area contributed by atoms with E-state index in [1.54, 1.807) is 45.8 Å². The molecule has 31 heavy (non-hydrogen) atoms. The largest absolute Gasteiger partial charge is 0.313 e. The molecule has 4 rings (SSSR count). The van der Waals surface area contributed by atoms with E-state index in [0.29, 0.717) is 29.5 Å². The molecule has 1 aromatic carbocycles. The van der Waals surface area contributed by atoms with Crippen LogP contribution in [0.15, 0.2) is 65.0 Å². The SMILES string of the molecule is O=C1C(=Cc2cccc([N+](=O)[O-])c2)N(CCc2cccs2)C(=S)N1CCc1cccs1. The Morgan fingerprint density at radius 3 is 2.19 bits per heavy atom. The number of carbonyl (C=O) groups excluding carboxylic acids is 1. The predicted molar refractivity (Wildman–Crippen MR) is 128 cm³/mol. The van der Waals surface area contributed by atoms with Gasteiger partial charge in [0, 0.05) is 35.0 Å². The molecule has 0 bridgehead atoms. The molecule has 1 amide bonds. The van der Waals surface area contributed by atoms with Gasteiger partial charge >= 0.3 is 0 Å². The van der Waals surface area contributed by atoms with E-state index in [-0.39, 0.29) is 11.6 Å². The fraction of sp³-hybridized carbons (Fsp3) is 0.182. The van der Waals surface area contributed by atoms with Crippen LogP contribution in [-0.2, 0) is 17.6 Å². The number of nitro groups is 1. The molecule has 3 aromatic rings. The molecule has 0 unspecified atom stereocenters. The number of nitro benzene ring substituents is 1. The van der Waals surface area contributed by atoms with E-state index >= 15 is 0 Å². The van der Waals surface area contributed by atoms with Crippen molar-refractivity contribution < 1.29 is 9.72 Å². The lowest BCUT2D eigenvalue weighted by molar-refractivity contribution is -0.384. The first-order chi connectivity index (χ1) is 15.0. The smallest absolute Gasteiger partial charge is 0.276 e. The molecule has 0 radical (unpaired) electrons. The Balaban J connectivity index is 1.61. The van der Waals surface area contributed by atoms with E-state index in [1.165, 1.54) is 21.9 Å². The molecule has 0 saturated carbocycles. The van der Waals surface area contributed by atoms with Crippen LogP contribution >= 0.6 is 34.9 Å². The molecule has 0 atom stereocenters. The van der Waals surface area contributed by atoms with Crippen molar-refractivity contribution in [3.05, 3.63) is 90.4 Å². The Morgan fingerprint density at radius 2 is 1.61 bits per heavy atom. The molecule has 1 saturated heterocycles. The quantitative estimate of drug-likeness (QED) is 0.202. The number of amides is 1. The Labute approximate surface area is 193 Å². The molecule has 1 fully saturated rings. The van der Waals surface area contributed by atoms with Crippen molar-refractivity contribution >= 4 is 57.7 Å². The van der Waals surface area contributed by atoms with Crippen LogP contribution in [0.5, 0.6) is 0 Å². The van der Waals surface area contributed by atoms with Gasteiger partial charge in [-0.05, 0) is 59.6 Å². The Kier molecular flexibility index (Phi) is 6.55. The van der Waals surface area contributed by atoms with Gasteiger partial charge in [-0.1, -0.05) is 24.3 Å². The lowest BCUT2D eigenvalue weighted by Crippen LogP contribution is -2.34. The zero-order valence-electron chi connectivity index (χ0n) is 16.5. The van der Waals surface area contributed by atoms with E-state index < -0.39 is 4.92 Å². The van der Waals surface area contributed by atoms with Gasteiger partial charge < -0.3 is 4.90 Å². The summed E-state index contributed by atoms with van der Waals surface area (Å²) < 4.78 is 0. The molecule has 158 valence electrons. The van der Waals surface area contributed by atoms with Crippen LogP contribution < -0.4 is 0 Å². The van der Waals surface area contributed by atoms with E-state index in [2.05, 4.69) is 6.07 Å². The zero-order valence-corrected chi connectivity index (χ0v) is 18.9. The van der Waals surface area contributed by atoms with Crippen LogP contribution in [0.2, 0.25) is 0 Å². The van der Waals surface area contributed by atoms with Gasteiger partial charge in [-0.15, -0.1) is 22.7 Å². The fourth-order valence-electron chi connectivity index (χ4n) is 3.38. The summed E-state index contributed by atoms with van der Waals surface area (Å²) in [5.41, 5.74) is 1.04. The second kappa shape index (κ2) is 9.51. The molecule has 0 aliphatic carbocycles. The van der Waals surface area contributed by atoms with Gasteiger partial charge in [0.2, 0.25) is 0 Å². The van der Waals surface area contributed by atoms with E-state index in [9.17, 15) is 14.9 Å². The Morgan fingerprint density at radius 1 is 0.968 bits per heavy atom. The standard InChI is InChI=1S/C22H19N3O3S3/c26-21-20(15-16-4-1-5-17(14-16)25(27)28)23(10-8-18-6-2-12-30-18)22(29)24(21)11-9-19-7-3-13-31-19/h1-7,12-15H,8-11H2. The minimum absolute atomic E-state index is 0.0120. The maximum atomic E-state index is 13.3. The Hall–Kier alpha value is -2.88. The highest BCUT2D eigenvalue weighted by atomic mass is 32.1. The van der Waals surface area contributed by atoms with Gasteiger partial charge in [0.1, 0.15) is 5.70 Å². The Bertz CT molecular complexity index is 1120. The molecule has 0 spiro atoms. The van der Waals surface area contributed by atoms with E-state index in [4.69, 9.17) is 12.2 Å². The van der Waals surface area contributed by atoms with Crippen LogP contribution in [0, 0.1) is 10.1 Å². The lowest BCUT2D eigenvalue weighted by Gasteiger charge is -2.20. The number of hydrogen-bond acceptors (Lipinski definition) is 6. The third-order valence-electron chi connectivity index (χ3n) is 4.93. The summed E-state index contributed by atoms with van der Waals surface area (Å²) in [5, 5.41) is 15.7. The van der Waals surface area contributed by atoms with Crippen LogP contribution in [0.3, 0.4) is 0 Å². The number of thiophene rings is 2. The minimum Gasteiger partial charge on any atom is -0.313 e. The molecule has 2 aromatic heterocycles. The van der Waals surface area contributed by atoms with Gasteiger partial charge in [0.15, 0.2) is 5.11 Å². The molecule has 3 heterocycles. The third kappa shape index (κ3) is 4.90. The highest BCUT2D eigenvalue weighted by Crippen LogP contribution is 2.26. The van der Waals surface area contributed by atoms with Crippen molar-refractivity contribution in [1.82, 2.24) is 9.80 Å². The summed E-state index contributed by atoms with van der Waals surface area (Å²) in [6.45, 7) is 1.07. The topological polar surface area (TPSA) is 66.7 Å². The number of nitrogens with zero attached hydrogens (tertiary/aromatic N) is 3. The molecular formula is C22H19N3O3S3. The van der Waals surface area contributed by atoms with Gasteiger partial charge in [0.25, 0.3) is 11.6 Å². The van der Waals surface area contributed by atoms with Crippen molar-refractivity contribution in [3.8, 4) is 0 Å². The second-order valence-corrected chi connectivity index (χ2v) is 9.36. The molecule has 6 nitrogen and oxygen atoms in total. The van der Waals surface area contributed by atoms with E-state index in [1.807, 2.05) is 33.9 Å². The van der Waals surface area contributed by atoms with Crippen molar-refractivity contribution in [2.75, 3.05) is 13.1 Å².